The summed E-state index contributed by atoms with van der Waals surface area (Å²) >= 11 is 9.59. The van der Waals surface area contributed by atoms with E-state index in [2.05, 4.69) is 26.2 Å². The highest BCUT2D eigenvalue weighted by Crippen LogP contribution is 2.32. The van der Waals surface area contributed by atoms with Crippen LogP contribution in [0.15, 0.2) is 51.6 Å². The van der Waals surface area contributed by atoms with E-state index >= 15 is 0 Å². The maximum atomic E-state index is 6.16. The first-order valence-electron chi connectivity index (χ1n) is 6.14. The van der Waals surface area contributed by atoms with Crippen molar-refractivity contribution < 1.29 is 4.42 Å². The van der Waals surface area contributed by atoms with Gasteiger partial charge in [0, 0.05) is 22.3 Å². The number of hydrogen-bond acceptors (Lipinski definition) is 3. The predicted molar refractivity (Wildman–Crippen MR) is 84.1 cm³/mol. The van der Waals surface area contributed by atoms with E-state index < -0.39 is 0 Å². The predicted octanol–water partition coefficient (Wildman–Crippen LogP) is 4.55. The van der Waals surface area contributed by atoms with E-state index in [4.69, 9.17) is 16.0 Å². The maximum absolute atomic E-state index is 6.16. The lowest BCUT2D eigenvalue weighted by atomic mass is 10.1. The molecule has 20 heavy (non-hydrogen) atoms. The molecule has 3 nitrogen and oxygen atoms in total. The van der Waals surface area contributed by atoms with Crippen LogP contribution in [0.25, 0.3) is 11.0 Å². The summed E-state index contributed by atoms with van der Waals surface area (Å²) in [4.78, 5) is 4.20. The average molecular weight is 352 g/mol. The van der Waals surface area contributed by atoms with Gasteiger partial charge in [0.2, 0.25) is 0 Å². The fraction of sp³-hybridized carbons (Fsp3) is 0.133. The number of para-hydroxylation sites is 1. The summed E-state index contributed by atoms with van der Waals surface area (Å²) in [5.41, 5.74) is 1.74. The molecule has 5 heteroatoms. The van der Waals surface area contributed by atoms with E-state index in [-0.39, 0.29) is 6.04 Å². The van der Waals surface area contributed by atoms with Gasteiger partial charge in [0.25, 0.3) is 0 Å². The molecule has 1 atom stereocenters. The fourth-order valence-electron chi connectivity index (χ4n) is 2.25. The molecule has 1 N–H and O–H groups in total. The van der Waals surface area contributed by atoms with Crippen molar-refractivity contribution in [3.63, 3.8) is 0 Å². The maximum Gasteiger partial charge on any atom is 0.152 e. The number of aromatic nitrogens is 1. The average Bonchev–Trinajstić information content (AvgIpc) is 2.85. The van der Waals surface area contributed by atoms with Crippen LogP contribution in [-0.2, 0) is 0 Å². The van der Waals surface area contributed by atoms with Gasteiger partial charge in [0.15, 0.2) is 5.58 Å². The van der Waals surface area contributed by atoms with Crippen molar-refractivity contribution in [2.24, 2.45) is 0 Å². The Morgan fingerprint density at radius 1 is 1.30 bits per heavy atom. The largest absolute Gasteiger partial charge is 0.457 e. The topological polar surface area (TPSA) is 38.1 Å². The number of benzene rings is 1. The van der Waals surface area contributed by atoms with Gasteiger partial charge < -0.3 is 9.73 Å². The number of halogens is 2. The molecule has 0 aliphatic carbocycles. The molecule has 3 aromatic rings. The molecule has 1 unspecified atom stereocenters. The van der Waals surface area contributed by atoms with Gasteiger partial charge in [-0.2, -0.15) is 0 Å². The van der Waals surface area contributed by atoms with Crippen molar-refractivity contribution in [1.29, 1.82) is 0 Å². The Balaban J connectivity index is 2.09. The van der Waals surface area contributed by atoms with E-state index in [9.17, 15) is 0 Å². The van der Waals surface area contributed by atoms with Crippen molar-refractivity contribution in [2.75, 3.05) is 7.05 Å². The van der Waals surface area contributed by atoms with Gasteiger partial charge in [-0.1, -0.05) is 23.7 Å². The number of hydrogen-bond donors (Lipinski definition) is 1. The minimum atomic E-state index is -0.0662. The Labute approximate surface area is 130 Å². The third-order valence-corrected chi connectivity index (χ3v) is 3.88. The lowest BCUT2D eigenvalue weighted by molar-refractivity contribution is 0.491. The van der Waals surface area contributed by atoms with E-state index in [1.54, 1.807) is 6.20 Å². The first kappa shape index (κ1) is 13.6. The Morgan fingerprint density at radius 2 is 2.15 bits per heavy atom. The van der Waals surface area contributed by atoms with Crippen LogP contribution in [0.2, 0.25) is 5.02 Å². The molecule has 1 aromatic carbocycles. The number of nitrogens with one attached hydrogen (secondary N) is 1. The molecule has 0 radical (unpaired) electrons. The van der Waals surface area contributed by atoms with E-state index in [1.165, 1.54) is 0 Å². The van der Waals surface area contributed by atoms with Gasteiger partial charge in [-0.15, -0.1) is 0 Å². The highest BCUT2D eigenvalue weighted by atomic mass is 79.9. The van der Waals surface area contributed by atoms with Crippen LogP contribution in [0, 0.1) is 0 Å². The van der Waals surface area contributed by atoms with Crippen LogP contribution in [0.3, 0.4) is 0 Å². The second-order valence-electron chi connectivity index (χ2n) is 4.47. The summed E-state index contributed by atoms with van der Waals surface area (Å²) in [5, 5.41) is 4.86. The molecule has 102 valence electrons. The van der Waals surface area contributed by atoms with Gasteiger partial charge in [-0.25, -0.2) is 0 Å². The van der Waals surface area contributed by atoms with Gasteiger partial charge in [-0.3, -0.25) is 4.98 Å². The molecule has 3 rings (SSSR count). The minimum absolute atomic E-state index is 0.0662. The number of pyridine rings is 1. The van der Waals surface area contributed by atoms with Crippen molar-refractivity contribution in [3.8, 4) is 0 Å². The molecule has 0 fully saturated rings. The Hall–Kier alpha value is -1.36. The number of fused-ring (bicyclic) bond motifs is 1. The first-order valence-corrected chi connectivity index (χ1v) is 7.32. The zero-order valence-corrected chi connectivity index (χ0v) is 13.1. The Kier molecular flexibility index (Phi) is 3.78. The van der Waals surface area contributed by atoms with Crippen molar-refractivity contribution in [2.45, 2.75) is 6.04 Å². The molecule has 0 bridgehead atoms. The molecule has 0 amide bonds. The summed E-state index contributed by atoms with van der Waals surface area (Å²) in [7, 11) is 1.89. The highest BCUT2D eigenvalue weighted by Gasteiger charge is 2.18. The molecule has 0 aliphatic rings. The summed E-state index contributed by atoms with van der Waals surface area (Å²) < 4.78 is 6.84. The van der Waals surface area contributed by atoms with Crippen LogP contribution < -0.4 is 5.32 Å². The number of rotatable bonds is 3. The zero-order chi connectivity index (χ0) is 14.1. The third kappa shape index (κ3) is 2.46. The van der Waals surface area contributed by atoms with E-state index in [1.807, 2.05) is 43.6 Å². The molecule has 0 saturated carbocycles. The highest BCUT2D eigenvalue weighted by molar-refractivity contribution is 9.10. The van der Waals surface area contributed by atoms with Crippen LogP contribution in [0.5, 0.6) is 0 Å². The van der Waals surface area contributed by atoms with Crippen LogP contribution in [0.1, 0.15) is 17.4 Å². The van der Waals surface area contributed by atoms with Crippen LogP contribution in [-0.4, -0.2) is 12.0 Å². The summed E-state index contributed by atoms with van der Waals surface area (Å²) in [6, 6.07) is 9.68. The summed E-state index contributed by atoms with van der Waals surface area (Å²) in [5.74, 6) is 0.815. The standard InChI is InChI=1S/C15H12BrClN2O/c1-18-14(10-5-11(16)8-19-7-10)13-6-9-3-2-4-12(17)15(9)20-13/h2-8,14,18H,1H3. The van der Waals surface area contributed by atoms with Crippen molar-refractivity contribution >= 4 is 38.5 Å². The Morgan fingerprint density at radius 3 is 2.85 bits per heavy atom. The quantitative estimate of drug-likeness (QED) is 0.752. The fourth-order valence-corrected chi connectivity index (χ4v) is 2.85. The normalized spacial score (nSPS) is 12.8. The summed E-state index contributed by atoms with van der Waals surface area (Å²) in [6.07, 6.45) is 3.58. The minimum Gasteiger partial charge on any atom is -0.457 e. The van der Waals surface area contributed by atoms with Gasteiger partial charge >= 0.3 is 0 Å². The van der Waals surface area contributed by atoms with Crippen molar-refractivity contribution in [1.82, 2.24) is 10.3 Å². The molecule has 2 heterocycles. The number of furan rings is 1. The van der Waals surface area contributed by atoms with Crippen molar-refractivity contribution in [3.05, 3.63) is 63.5 Å². The number of nitrogens with zero attached hydrogens (tertiary/aromatic N) is 1. The Bertz CT molecular complexity index is 756. The second kappa shape index (κ2) is 5.56. The molecule has 0 saturated heterocycles. The van der Waals surface area contributed by atoms with Gasteiger partial charge in [0.1, 0.15) is 5.76 Å². The lowest BCUT2D eigenvalue weighted by Gasteiger charge is -2.13. The molecule has 0 spiro atoms. The lowest BCUT2D eigenvalue weighted by Crippen LogP contribution is -2.17. The van der Waals surface area contributed by atoms with Gasteiger partial charge in [-0.05, 0) is 46.7 Å². The third-order valence-electron chi connectivity index (χ3n) is 3.15. The van der Waals surface area contributed by atoms with Crippen LogP contribution in [0.4, 0.5) is 0 Å². The molecule has 0 aliphatic heterocycles. The van der Waals surface area contributed by atoms with E-state index in [0.717, 1.165) is 21.2 Å². The van der Waals surface area contributed by atoms with E-state index in [0.29, 0.717) is 10.6 Å². The SMILES string of the molecule is CNC(c1cncc(Br)c1)c1cc2cccc(Cl)c2o1. The second-order valence-corrected chi connectivity index (χ2v) is 5.79. The molecular weight excluding hydrogens is 340 g/mol. The van der Waals surface area contributed by atoms with Gasteiger partial charge in [0.05, 0.1) is 11.1 Å². The van der Waals surface area contributed by atoms with Crippen LogP contribution >= 0.6 is 27.5 Å². The first-order chi connectivity index (χ1) is 9.69. The summed E-state index contributed by atoms with van der Waals surface area (Å²) in [6.45, 7) is 0. The monoisotopic (exact) mass is 350 g/mol. The molecular formula is C15H12BrClN2O. The smallest absolute Gasteiger partial charge is 0.152 e. The zero-order valence-electron chi connectivity index (χ0n) is 10.7. The molecule has 2 aromatic heterocycles.